The quantitative estimate of drug-likeness (QED) is 0.505. The van der Waals surface area contributed by atoms with Crippen molar-refractivity contribution in [2.75, 3.05) is 25.0 Å². The van der Waals surface area contributed by atoms with Gasteiger partial charge >= 0.3 is 18.6 Å². The summed E-state index contributed by atoms with van der Waals surface area (Å²) in [6, 6.07) is 6.56. The van der Waals surface area contributed by atoms with E-state index in [1.165, 1.54) is 28.8 Å². The van der Waals surface area contributed by atoms with Crippen molar-refractivity contribution in [3.63, 3.8) is 0 Å². The number of urea groups is 1. The third-order valence-electron chi connectivity index (χ3n) is 5.94. The SMILES string of the molecule is O=C(O)CCN1C=C[N+](CCCc2ccc3c(n2)NCCC3)(c2ccc(OC(F)F)nc2)C1=O. The van der Waals surface area contributed by atoms with Gasteiger partial charge in [0.05, 0.1) is 25.4 Å². The van der Waals surface area contributed by atoms with Crippen molar-refractivity contribution in [3.05, 3.63) is 54.1 Å². The summed E-state index contributed by atoms with van der Waals surface area (Å²) in [5, 5.41) is 12.3. The minimum atomic E-state index is -3.00. The molecule has 1 unspecified atom stereocenters. The van der Waals surface area contributed by atoms with Crippen LogP contribution in [0.15, 0.2) is 42.9 Å². The van der Waals surface area contributed by atoms with E-state index >= 15 is 0 Å². The van der Waals surface area contributed by atoms with Crippen LogP contribution in [-0.2, 0) is 17.6 Å². The highest BCUT2D eigenvalue weighted by Gasteiger charge is 2.45. The van der Waals surface area contributed by atoms with Gasteiger partial charge in [-0.2, -0.15) is 13.3 Å². The number of carboxylic acid groups (broad SMARTS) is 1. The standard InChI is InChI=1S/C23H25F2N5O4/c24-22(25)34-19-8-7-18(15-27-19)30(14-12-29(23(30)33)11-9-20(31)32)13-2-4-17-6-5-16-3-1-10-26-21(16)28-17/h5-8,12,14-15,22H,1-4,9-11,13H2,(H-,26,28,31,32)/p+1. The number of carboxylic acids is 1. The number of amides is 2. The predicted octanol–water partition coefficient (Wildman–Crippen LogP) is 3.76. The Morgan fingerprint density at radius 3 is 2.88 bits per heavy atom. The minimum absolute atomic E-state index is 0.0305. The van der Waals surface area contributed by atoms with E-state index in [-0.39, 0.29) is 29.4 Å². The Hall–Kier alpha value is -3.60. The van der Waals surface area contributed by atoms with Crippen molar-refractivity contribution in [1.29, 1.82) is 0 Å². The average molecular weight is 474 g/mol. The van der Waals surface area contributed by atoms with Gasteiger partial charge < -0.3 is 15.2 Å². The van der Waals surface area contributed by atoms with E-state index in [1.807, 2.05) is 6.07 Å². The molecular weight excluding hydrogens is 448 g/mol. The molecule has 2 aliphatic heterocycles. The number of pyridine rings is 2. The first-order valence-electron chi connectivity index (χ1n) is 11.1. The largest absolute Gasteiger partial charge is 0.481 e. The number of hydrogen-bond acceptors (Lipinski definition) is 6. The lowest BCUT2D eigenvalue weighted by molar-refractivity contribution is -0.137. The fourth-order valence-electron chi connectivity index (χ4n) is 4.22. The van der Waals surface area contributed by atoms with Crippen LogP contribution in [0.3, 0.4) is 0 Å². The number of aromatic nitrogens is 2. The normalized spacial score (nSPS) is 19.3. The van der Waals surface area contributed by atoms with E-state index < -0.39 is 12.6 Å². The van der Waals surface area contributed by atoms with Gasteiger partial charge in [0, 0.05) is 37.3 Å². The average Bonchev–Trinajstić information content (AvgIpc) is 3.14. The van der Waals surface area contributed by atoms with E-state index in [1.54, 1.807) is 12.4 Å². The summed E-state index contributed by atoms with van der Waals surface area (Å²) >= 11 is 0. The molecule has 0 saturated carbocycles. The van der Waals surface area contributed by atoms with Gasteiger partial charge in [0.15, 0.2) is 5.69 Å². The summed E-state index contributed by atoms with van der Waals surface area (Å²) in [5.41, 5.74) is 2.58. The van der Waals surface area contributed by atoms with Gasteiger partial charge in [0.25, 0.3) is 0 Å². The Morgan fingerprint density at radius 2 is 2.15 bits per heavy atom. The first kappa shape index (κ1) is 23.6. The van der Waals surface area contributed by atoms with Gasteiger partial charge in [0.2, 0.25) is 5.88 Å². The fourth-order valence-corrected chi connectivity index (χ4v) is 4.22. The summed E-state index contributed by atoms with van der Waals surface area (Å²) in [6.07, 6.45) is 7.69. The topological polar surface area (TPSA) is 105 Å². The first-order chi connectivity index (χ1) is 16.4. The second-order valence-electron chi connectivity index (χ2n) is 8.19. The lowest BCUT2D eigenvalue weighted by Crippen LogP contribution is -2.51. The molecule has 0 spiro atoms. The molecule has 0 radical (unpaired) electrons. The number of carbonyl (C=O) groups excluding carboxylic acids is 1. The second-order valence-corrected chi connectivity index (χ2v) is 8.19. The lowest BCUT2D eigenvalue weighted by atomic mass is 10.1. The number of aliphatic carboxylic acids is 1. The van der Waals surface area contributed by atoms with E-state index in [2.05, 4.69) is 21.1 Å². The zero-order valence-electron chi connectivity index (χ0n) is 18.5. The molecule has 0 aromatic carbocycles. The molecule has 0 aliphatic carbocycles. The highest BCUT2D eigenvalue weighted by Crippen LogP contribution is 2.32. The fraction of sp³-hybridized carbons (Fsp3) is 0.391. The van der Waals surface area contributed by atoms with Crippen LogP contribution in [0.5, 0.6) is 5.88 Å². The Bertz CT molecular complexity index is 1080. The van der Waals surface area contributed by atoms with Gasteiger partial charge in [-0.1, -0.05) is 6.07 Å². The molecule has 9 nitrogen and oxygen atoms in total. The zero-order valence-corrected chi connectivity index (χ0v) is 18.5. The maximum atomic E-state index is 13.4. The van der Waals surface area contributed by atoms with Gasteiger partial charge in [-0.05, 0) is 30.9 Å². The number of ether oxygens (including phenoxy) is 1. The Labute approximate surface area is 195 Å². The van der Waals surface area contributed by atoms with Crippen molar-refractivity contribution in [1.82, 2.24) is 19.4 Å². The van der Waals surface area contributed by atoms with Crippen LogP contribution in [0.25, 0.3) is 0 Å². The minimum Gasteiger partial charge on any atom is -0.481 e. The maximum absolute atomic E-state index is 13.4. The monoisotopic (exact) mass is 474 g/mol. The van der Waals surface area contributed by atoms with Gasteiger partial charge in [-0.3, -0.25) is 9.69 Å². The summed E-state index contributed by atoms with van der Waals surface area (Å²) in [7, 11) is 0. The van der Waals surface area contributed by atoms with E-state index in [0.717, 1.165) is 30.9 Å². The molecule has 0 saturated heterocycles. The molecule has 34 heavy (non-hydrogen) atoms. The van der Waals surface area contributed by atoms with E-state index in [9.17, 15) is 18.4 Å². The van der Waals surface area contributed by atoms with Crippen LogP contribution in [-0.4, -0.2) is 58.2 Å². The number of fused-ring (bicyclic) bond motifs is 1. The molecule has 2 amide bonds. The maximum Gasteiger partial charge on any atom is 0.433 e. The van der Waals surface area contributed by atoms with Gasteiger partial charge in [0.1, 0.15) is 12.0 Å². The highest BCUT2D eigenvalue weighted by atomic mass is 19.3. The first-order valence-corrected chi connectivity index (χ1v) is 11.1. The van der Waals surface area contributed by atoms with Crippen molar-refractivity contribution in [2.24, 2.45) is 0 Å². The molecule has 2 aliphatic rings. The van der Waals surface area contributed by atoms with Crippen molar-refractivity contribution < 1.29 is 28.2 Å². The van der Waals surface area contributed by atoms with Crippen LogP contribution < -0.4 is 14.5 Å². The number of alkyl halides is 2. The lowest BCUT2D eigenvalue weighted by Gasteiger charge is -2.29. The Kier molecular flexibility index (Phi) is 7.01. The number of carbonyl (C=O) groups is 2. The molecular formula is C23H26F2N5O4+. The number of hydrogen-bond donors (Lipinski definition) is 2. The summed E-state index contributed by atoms with van der Waals surface area (Å²) in [5.74, 6) is -0.349. The summed E-state index contributed by atoms with van der Waals surface area (Å²) in [4.78, 5) is 34.3. The van der Waals surface area contributed by atoms with Crippen LogP contribution in [0, 0.1) is 0 Å². The number of halogens is 2. The number of anilines is 1. The molecule has 0 bridgehead atoms. The second kappa shape index (κ2) is 10.1. The highest BCUT2D eigenvalue weighted by molar-refractivity contribution is 5.92. The molecule has 2 aromatic rings. The van der Waals surface area contributed by atoms with Gasteiger partial charge in [-0.15, -0.1) is 0 Å². The van der Waals surface area contributed by atoms with Gasteiger partial charge in [-0.25, -0.2) is 14.8 Å². The van der Waals surface area contributed by atoms with Crippen LogP contribution >= 0.6 is 0 Å². The van der Waals surface area contributed by atoms with Crippen molar-refractivity contribution >= 4 is 23.5 Å². The molecule has 11 heteroatoms. The molecule has 4 heterocycles. The van der Waals surface area contributed by atoms with Crippen LogP contribution in [0.2, 0.25) is 0 Å². The van der Waals surface area contributed by atoms with Crippen molar-refractivity contribution in [3.8, 4) is 5.88 Å². The third kappa shape index (κ3) is 5.14. The Balaban J connectivity index is 1.52. The summed E-state index contributed by atoms with van der Waals surface area (Å²) in [6.45, 7) is -1.71. The smallest absolute Gasteiger partial charge is 0.433 e. The van der Waals surface area contributed by atoms with E-state index in [4.69, 9.17) is 10.1 Å². The number of aryl methyl sites for hydroxylation is 2. The van der Waals surface area contributed by atoms with Crippen LogP contribution in [0.1, 0.15) is 30.5 Å². The molecule has 4 rings (SSSR count). The van der Waals surface area contributed by atoms with Crippen molar-refractivity contribution in [2.45, 2.75) is 38.7 Å². The Morgan fingerprint density at radius 1 is 1.29 bits per heavy atom. The molecule has 1 atom stereocenters. The zero-order chi connectivity index (χ0) is 24.1. The molecule has 2 aromatic heterocycles. The summed E-state index contributed by atoms with van der Waals surface area (Å²) < 4.78 is 29.1. The van der Waals surface area contributed by atoms with E-state index in [0.29, 0.717) is 25.1 Å². The predicted molar refractivity (Wildman–Crippen MR) is 120 cm³/mol. The number of rotatable bonds is 10. The molecule has 0 fully saturated rings. The third-order valence-corrected chi connectivity index (χ3v) is 5.94. The molecule has 2 N–H and O–H groups in total. The molecule has 180 valence electrons. The number of nitrogens with zero attached hydrogens (tertiary/aromatic N) is 4. The number of nitrogens with one attached hydrogen (secondary N) is 1. The number of quaternary nitrogens is 1. The van der Waals surface area contributed by atoms with Crippen LogP contribution in [0.4, 0.5) is 25.1 Å².